The first-order valence-corrected chi connectivity index (χ1v) is 11.5. The molecule has 2 aromatic rings. The predicted molar refractivity (Wildman–Crippen MR) is 110 cm³/mol. The Labute approximate surface area is 186 Å². The molecule has 0 saturated carbocycles. The molecule has 2 aliphatic heterocycles. The summed E-state index contributed by atoms with van der Waals surface area (Å²) in [6, 6.07) is 7.49. The molecular weight excluding hydrogens is 463 g/mol. The molecule has 0 radical (unpaired) electrons. The summed E-state index contributed by atoms with van der Waals surface area (Å²) in [4.78, 5) is 37.5. The highest BCUT2D eigenvalue weighted by Crippen LogP contribution is 2.31. The summed E-state index contributed by atoms with van der Waals surface area (Å²) in [5, 5.41) is 2.20. The molecule has 2 aromatic carbocycles. The van der Waals surface area contributed by atoms with Crippen LogP contribution in [-0.4, -0.2) is 37.1 Å². The van der Waals surface area contributed by atoms with Gasteiger partial charge in [-0.25, -0.2) is 8.42 Å². The highest BCUT2D eigenvalue weighted by molar-refractivity contribution is 7.91. The number of alkyl halides is 3. The Balaban J connectivity index is 1.49. The first-order chi connectivity index (χ1) is 15.4. The Morgan fingerprint density at radius 3 is 2.55 bits per heavy atom. The van der Waals surface area contributed by atoms with E-state index in [0.29, 0.717) is 11.1 Å². The van der Waals surface area contributed by atoms with Gasteiger partial charge in [-0.2, -0.15) is 13.2 Å². The zero-order valence-corrected chi connectivity index (χ0v) is 17.8. The second-order valence-corrected chi connectivity index (χ2v) is 9.55. The molecule has 0 aromatic heterocycles. The number of imide groups is 1. The highest BCUT2D eigenvalue weighted by atomic mass is 32.2. The maximum absolute atomic E-state index is 12.9. The number of hydrogen-bond donors (Lipinski definition) is 2. The number of benzene rings is 2. The summed E-state index contributed by atoms with van der Waals surface area (Å²) < 4.78 is 66.0. The number of nitrogens with one attached hydrogen (secondary N) is 2. The van der Waals surface area contributed by atoms with Gasteiger partial charge in [0.2, 0.25) is 21.8 Å². The van der Waals surface area contributed by atoms with Crippen molar-refractivity contribution >= 4 is 33.4 Å². The van der Waals surface area contributed by atoms with Crippen molar-refractivity contribution < 1.29 is 36.0 Å². The van der Waals surface area contributed by atoms with Crippen LogP contribution in [-0.2, 0) is 38.1 Å². The van der Waals surface area contributed by atoms with Gasteiger partial charge in [0.25, 0.3) is 5.91 Å². The lowest BCUT2D eigenvalue weighted by atomic mass is 10.0. The quantitative estimate of drug-likeness (QED) is 0.637. The molecule has 2 heterocycles. The molecule has 2 N–H and O–H groups in total. The third-order valence-corrected chi connectivity index (χ3v) is 6.67. The lowest BCUT2D eigenvalue weighted by Crippen LogP contribution is -2.52. The van der Waals surface area contributed by atoms with Crippen molar-refractivity contribution in [2.45, 2.75) is 37.4 Å². The lowest BCUT2D eigenvalue weighted by molar-refractivity contribution is -0.138. The number of rotatable bonds is 5. The number of halogens is 3. The van der Waals surface area contributed by atoms with Gasteiger partial charge in [-0.3, -0.25) is 24.4 Å². The third kappa shape index (κ3) is 4.85. The number of hydrogen-bond acceptors (Lipinski definition) is 5. The summed E-state index contributed by atoms with van der Waals surface area (Å²) >= 11 is 0. The fourth-order valence-corrected chi connectivity index (χ4v) is 5.09. The number of carbonyl (C=O) groups excluding carboxylic acids is 3. The average Bonchev–Trinajstić information content (AvgIpc) is 3.02. The van der Waals surface area contributed by atoms with Crippen LogP contribution >= 0.6 is 0 Å². The molecule has 33 heavy (non-hydrogen) atoms. The van der Waals surface area contributed by atoms with Crippen LogP contribution < -0.4 is 10.0 Å². The average molecular weight is 481 g/mol. The lowest BCUT2D eigenvalue weighted by Gasteiger charge is -2.29. The van der Waals surface area contributed by atoms with Crippen LogP contribution in [0.3, 0.4) is 0 Å². The molecular formula is C21H18F3N3O5S. The van der Waals surface area contributed by atoms with E-state index in [0.717, 1.165) is 18.2 Å². The molecule has 12 heteroatoms. The summed E-state index contributed by atoms with van der Waals surface area (Å²) in [5.41, 5.74) is -0.0411. The van der Waals surface area contributed by atoms with Crippen LogP contribution in [0.4, 0.5) is 18.9 Å². The molecule has 1 fully saturated rings. The molecule has 1 unspecified atom stereocenters. The van der Waals surface area contributed by atoms with Gasteiger partial charge in [0.15, 0.2) is 0 Å². The van der Waals surface area contributed by atoms with E-state index in [9.17, 15) is 36.0 Å². The van der Waals surface area contributed by atoms with Crippen LogP contribution in [0.2, 0.25) is 0 Å². The molecule has 3 amide bonds. The van der Waals surface area contributed by atoms with Crippen LogP contribution in [0.1, 0.15) is 39.9 Å². The molecule has 1 atom stereocenters. The Morgan fingerprint density at radius 1 is 1.09 bits per heavy atom. The van der Waals surface area contributed by atoms with Gasteiger partial charge in [0.05, 0.1) is 11.3 Å². The van der Waals surface area contributed by atoms with Crippen molar-refractivity contribution in [1.29, 1.82) is 0 Å². The van der Waals surface area contributed by atoms with Gasteiger partial charge in [0, 0.05) is 24.2 Å². The van der Waals surface area contributed by atoms with Gasteiger partial charge in [-0.05, 0) is 41.8 Å². The monoisotopic (exact) mass is 481 g/mol. The Kier molecular flexibility index (Phi) is 5.64. The van der Waals surface area contributed by atoms with Crippen molar-refractivity contribution in [2.24, 2.45) is 0 Å². The first-order valence-electron chi connectivity index (χ1n) is 9.87. The van der Waals surface area contributed by atoms with Gasteiger partial charge in [-0.15, -0.1) is 0 Å². The predicted octanol–water partition coefficient (Wildman–Crippen LogP) is 2.41. The summed E-state index contributed by atoms with van der Waals surface area (Å²) in [5.74, 6) is -2.04. The standard InChI is InChI=1S/C21H18F3N3O5S/c22-21(23,24)14-3-1-2-12(8-14)11-33(31,32)26-15-4-5-16-13(9-15)10-27(20(16)30)17-6-7-18(28)25-19(17)29/h1-5,8-9,17,26H,6-7,10-11H2,(H,25,28,29). The number of piperidine rings is 1. The third-order valence-electron chi connectivity index (χ3n) is 5.41. The fraction of sp³-hybridized carbons (Fsp3) is 0.286. The van der Waals surface area contributed by atoms with Crippen LogP contribution in [0.25, 0.3) is 0 Å². The molecule has 0 bridgehead atoms. The number of nitrogens with zero attached hydrogens (tertiary/aromatic N) is 1. The molecule has 8 nitrogen and oxygen atoms in total. The Morgan fingerprint density at radius 2 is 1.85 bits per heavy atom. The molecule has 174 valence electrons. The summed E-state index contributed by atoms with van der Waals surface area (Å²) in [6.45, 7) is 0.0592. The second-order valence-electron chi connectivity index (χ2n) is 7.83. The summed E-state index contributed by atoms with van der Waals surface area (Å²) in [7, 11) is -4.05. The number of anilines is 1. The van der Waals surface area contributed by atoms with Crippen molar-refractivity contribution in [1.82, 2.24) is 10.2 Å². The van der Waals surface area contributed by atoms with Crippen molar-refractivity contribution in [2.75, 3.05) is 4.72 Å². The Hall–Kier alpha value is -3.41. The van der Waals surface area contributed by atoms with Gasteiger partial charge < -0.3 is 4.90 Å². The topological polar surface area (TPSA) is 113 Å². The fourth-order valence-electron chi connectivity index (χ4n) is 3.91. The molecule has 0 spiro atoms. The molecule has 4 rings (SSSR count). The summed E-state index contributed by atoms with van der Waals surface area (Å²) in [6.07, 6.45) is -4.29. The van der Waals surface area contributed by atoms with E-state index in [1.165, 1.54) is 29.2 Å². The minimum atomic E-state index is -4.59. The van der Waals surface area contributed by atoms with E-state index in [4.69, 9.17) is 0 Å². The van der Waals surface area contributed by atoms with Crippen LogP contribution in [0, 0.1) is 0 Å². The van der Waals surface area contributed by atoms with Crippen molar-refractivity contribution in [3.8, 4) is 0 Å². The molecule has 0 aliphatic carbocycles. The minimum Gasteiger partial charge on any atom is -0.322 e. The number of carbonyl (C=O) groups is 3. The Bertz CT molecular complexity index is 1260. The highest BCUT2D eigenvalue weighted by Gasteiger charge is 2.39. The van der Waals surface area contributed by atoms with E-state index < -0.39 is 51.3 Å². The maximum atomic E-state index is 12.9. The van der Waals surface area contributed by atoms with Gasteiger partial charge in [-0.1, -0.05) is 18.2 Å². The zero-order chi connectivity index (χ0) is 24.0. The largest absolute Gasteiger partial charge is 0.416 e. The smallest absolute Gasteiger partial charge is 0.322 e. The van der Waals surface area contributed by atoms with Crippen LogP contribution in [0.15, 0.2) is 42.5 Å². The van der Waals surface area contributed by atoms with E-state index in [-0.39, 0.29) is 30.6 Å². The van der Waals surface area contributed by atoms with E-state index in [1.807, 2.05) is 0 Å². The zero-order valence-electron chi connectivity index (χ0n) is 17.0. The van der Waals surface area contributed by atoms with Crippen molar-refractivity contribution in [3.05, 3.63) is 64.7 Å². The van der Waals surface area contributed by atoms with Crippen molar-refractivity contribution in [3.63, 3.8) is 0 Å². The SMILES string of the molecule is O=C1CCC(N2Cc3cc(NS(=O)(=O)Cc4cccc(C(F)(F)F)c4)ccc3C2=O)C(=O)N1. The van der Waals surface area contributed by atoms with Crippen LogP contribution in [0.5, 0.6) is 0 Å². The number of amides is 3. The molecule has 1 saturated heterocycles. The van der Waals surface area contributed by atoms with Gasteiger partial charge in [0.1, 0.15) is 6.04 Å². The minimum absolute atomic E-state index is 0.0299. The van der Waals surface area contributed by atoms with Gasteiger partial charge >= 0.3 is 6.18 Å². The number of sulfonamides is 1. The van der Waals surface area contributed by atoms with E-state index >= 15 is 0 Å². The normalized spacial score (nSPS) is 18.8. The molecule has 2 aliphatic rings. The number of fused-ring (bicyclic) bond motifs is 1. The van der Waals surface area contributed by atoms with E-state index in [2.05, 4.69) is 10.0 Å². The first kappa shape index (κ1) is 22.8. The second kappa shape index (κ2) is 8.18. The van der Waals surface area contributed by atoms with E-state index in [1.54, 1.807) is 0 Å². The maximum Gasteiger partial charge on any atom is 0.416 e.